The van der Waals surface area contributed by atoms with Gasteiger partial charge in [0.15, 0.2) is 0 Å². The van der Waals surface area contributed by atoms with Crippen molar-refractivity contribution < 1.29 is 0 Å². The lowest BCUT2D eigenvalue weighted by molar-refractivity contribution is 1.62. The molecular weight excluding hydrogens is 721 g/mol. The first-order valence-electron chi connectivity index (χ1n) is 20.8. The van der Waals surface area contributed by atoms with Crippen molar-refractivity contribution in [2.75, 3.05) is 0 Å². The Labute approximate surface area is 349 Å². The Morgan fingerprint density at radius 3 is 0.800 bits per heavy atom. The van der Waals surface area contributed by atoms with Crippen LogP contribution in [0.15, 0.2) is 231 Å². The van der Waals surface area contributed by atoms with E-state index in [-0.39, 0.29) is 0 Å². The molecule has 0 nitrogen and oxygen atoms in total. The monoisotopic (exact) mass is 758 g/mol. The first kappa shape index (κ1) is 34.3. The Hall–Kier alpha value is -7.80. The van der Waals surface area contributed by atoms with Crippen molar-refractivity contribution in [1.29, 1.82) is 0 Å². The molecule has 0 heterocycles. The molecule has 0 heteroatoms. The Morgan fingerprint density at radius 2 is 0.433 bits per heavy atom. The summed E-state index contributed by atoms with van der Waals surface area (Å²) in [6.45, 7) is 0. The van der Waals surface area contributed by atoms with E-state index in [1.807, 2.05) is 0 Å². The van der Waals surface area contributed by atoms with Crippen LogP contribution in [-0.4, -0.2) is 0 Å². The molecular formula is C60H38. The lowest BCUT2D eigenvalue weighted by atomic mass is 9.92. The molecule has 0 bridgehead atoms. The van der Waals surface area contributed by atoms with Gasteiger partial charge in [-0.15, -0.1) is 0 Å². The van der Waals surface area contributed by atoms with Gasteiger partial charge < -0.3 is 0 Å². The van der Waals surface area contributed by atoms with Crippen LogP contribution >= 0.6 is 0 Å². The van der Waals surface area contributed by atoms with Gasteiger partial charge in [-0.2, -0.15) is 0 Å². The van der Waals surface area contributed by atoms with E-state index >= 15 is 0 Å². The first-order valence-corrected chi connectivity index (χ1v) is 20.8. The molecule has 0 radical (unpaired) electrons. The zero-order valence-electron chi connectivity index (χ0n) is 32.9. The topological polar surface area (TPSA) is 0 Å². The summed E-state index contributed by atoms with van der Waals surface area (Å²) in [5.74, 6) is 0. The Kier molecular flexibility index (Phi) is 7.96. The Morgan fingerprint density at radius 1 is 0.150 bits per heavy atom. The van der Waals surface area contributed by atoms with Crippen molar-refractivity contribution >= 4 is 64.6 Å². The van der Waals surface area contributed by atoms with Gasteiger partial charge in [-0.05, 0) is 145 Å². The van der Waals surface area contributed by atoms with Crippen LogP contribution in [0.3, 0.4) is 0 Å². The molecule has 0 aliphatic carbocycles. The van der Waals surface area contributed by atoms with Crippen LogP contribution in [0.2, 0.25) is 0 Å². The summed E-state index contributed by atoms with van der Waals surface area (Å²) in [4.78, 5) is 0. The van der Waals surface area contributed by atoms with Crippen molar-refractivity contribution in [3.8, 4) is 55.6 Å². The number of hydrogen-bond donors (Lipinski definition) is 0. The van der Waals surface area contributed by atoms with Gasteiger partial charge in [0.25, 0.3) is 0 Å². The molecule has 12 aromatic rings. The highest BCUT2D eigenvalue weighted by Crippen LogP contribution is 2.37. The van der Waals surface area contributed by atoms with E-state index in [1.54, 1.807) is 0 Å². The van der Waals surface area contributed by atoms with Crippen LogP contribution in [-0.2, 0) is 0 Å². The van der Waals surface area contributed by atoms with Crippen LogP contribution in [0.1, 0.15) is 0 Å². The SMILES string of the molecule is c1ccc2c(-c3ccc(-c4ccc5c(ccc6cc(-c7ccc8c(ccc9cc(-c%10ccc(-c%11cccc%12ccccc%11%12)cc%10)ccc98)c7)ccc65)c4)cc3)cccc2c1. The first-order chi connectivity index (χ1) is 29.7. The van der Waals surface area contributed by atoms with Gasteiger partial charge in [0.05, 0.1) is 0 Å². The molecule has 0 saturated carbocycles. The van der Waals surface area contributed by atoms with E-state index in [0.29, 0.717) is 0 Å². The zero-order chi connectivity index (χ0) is 39.6. The van der Waals surface area contributed by atoms with Gasteiger partial charge in [0, 0.05) is 0 Å². The predicted molar refractivity (Wildman–Crippen MR) is 259 cm³/mol. The molecule has 0 atom stereocenters. The average Bonchev–Trinajstić information content (AvgIpc) is 3.33. The molecule has 278 valence electrons. The fourth-order valence-corrected chi connectivity index (χ4v) is 9.50. The van der Waals surface area contributed by atoms with Crippen LogP contribution in [0.25, 0.3) is 120 Å². The van der Waals surface area contributed by atoms with Gasteiger partial charge in [-0.1, -0.05) is 206 Å². The minimum atomic E-state index is 1.23. The summed E-state index contributed by atoms with van der Waals surface area (Å²) in [7, 11) is 0. The molecule has 0 aliphatic heterocycles. The lowest BCUT2D eigenvalue weighted by Gasteiger charge is -2.12. The van der Waals surface area contributed by atoms with Gasteiger partial charge in [-0.25, -0.2) is 0 Å². The smallest absolute Gasteiger partial charge is 0.0105 e. The maximum atomic E-state index is 2.34. The molecule has 0 spiro atoms. The molecule has 0 aromatic heterocycles. The second-order valence-electron chi connectivity index (χ2n) is 16.1. The lowest BCUT2D eigenvalue weighted by Crippen LogP contribution is -1.85. The standard InChI is InChI=1S/C60H38/c1-3-11-53-41(7-1)9-5-13-55(53)43-19-15-39(16-20-43)45-27-31-57-49(35-45)23-25-51-37-47(29-33-59(51)57)48-30-34-60-52(38-48)26-24-50-36-46(28-32-58(50)60)40-17-21-44(22-18-40)56-14-6-10-42-8-2-4-12-54(42)56/h1-38H. The molecule has 0 amide bonds. The zero-order valence-corrected chi connectivity index (χ0v) is 32.9. The van der Waals surface area contributed by atoms with E-state index < -0.39 is 0 Å². The third-order valence-electron chi connectivity index (χ3n) is 12.6. The summed E-state index contributed by atoms with van der Waals surface area (Å²) < 4.78 is 0. The van der Waals surface area contributed by atoms with Gasteiger partial charge in [0.1, 0.15) is 0 Å². The van der Waals surface area contributed by atoms with E-state index in [1.165, 1.54) is 120 Å². The molecule has 0 unspecified atom stereocenters. The number of hydrogen-bond acceptors (Lipinski definition) is 0. The Bertz CT molecular complexity index is 3370. The molecule has 12 rings (SSSR count). The summed E-state index contributed by atoms with van der Waals surface area (Å²) >= 11 is 0. The molecule has 60 heavy (non-hydrogen) atoms. The fourth-order valence-electron chi connectivity index (χ4n) is 9.50. The largest absolute Gasteiger partial charge is 0.0616 e. The van der Waals surface area contributed by atoms with Crippen molar-refractivity contribution in [2.45, 2.75) is 0 Å². The number of fused-ring (bicyclic) bond motifs is 8. The van der Waals surface area contributed by atoms with Crippen molar-refractivity contribution in [2.24, 2.45) is 0 Å². The predicted octanol–water partition coefficient (Wildman–Crippen LogP) is 16.9. The summed E-state index contributed by atoms with van der Waals surface area (Å²) in [5.41, 5.74) is 12.4. The number of rotatable bonds is 5. The highest BCUT2D eigenvalue weighted by atomic mass is 14.1. The highest BCUT2D eigenvalue weighted by molar-refractivity contribution is 6.11. The molecule has 0 N–H and O–H groups in total. The molecule has 0 saturated heterocycles. The molecule has 0 aliphatic rings. The summed E-state index contributed by atoms with van der Waals surface area (Å²) in [6.07, 6.45) is 0. The normalized spacial score (nSPS) is 11.7. The fraction of sp³-hybridized carbons (Fsp3) is 0. The van der Waals surface area contributed by atoms with Crippen LogP contribution in [0.5, 0.6) is 0 Å². The van der Waals surface area contributed by atoms with Crippen LogP contribution in [0, 0.1) is 0 Å². The second kappa shape index (κ2) is 13.9. The summed E-state index contributed by atoms with van der Waals surface area (Å²) in [6, 6.07) is 85.0. The molecule has 0 fully saturated rings. The maximum Gasteiger partial charge on any atom is -0.0105 e. The third kappa shape index (κ3) is 5.84. The van der Waals surface area contributed by atoms with E-state index in [9.17, 15) is 0 Å². The van der Waals surface area contributed by atoms with E-state index in [2.05, 4.69) is 231 Å². The number of benzene rings is 12. The average molecular weight is 759 g/mol. The van der Waals surface area contributed by atoms with E-state index in [4.69, 9.17) is 0 Å². The van der Waals surface area contributed by atoms with Crippen molar-refractivity contribution in [3.05, 3.63) is 231 Å². The van der Waals surface area contributed by atoms with E-state index in [0.717, 1.165) is 0 Å². The third-order valence-corrected chi connectivity index (χ3v) is 12.6. The Balaban J connectivity index is 0.811. The minimum absolute atomic E-state index is 1.23. The van der Waals surface area contributed by atoms with Gasteiger partial charge >= 0.3 is 0 Å². The molecule has 12 aromatic carbocycles. The van der Waals surface area contributed by atoms with Crippen molar-refractivity contribution in [1.82, 2.24) is 0 Å². The quantitative estimate of drug-likeness (QED) is 0.153. The second-order valence-corrected chi connectivity index (χ2v) is 16.1. The highest BCUT2D eigenvalue weighted by Gasteiger charge is 2.11. The van der Waals surface area contributed by atoms with Gasteiger partial charge in [-0.3, -0.25) is 0 Å². The van der Waals surface area contributed by atoms with Crippen LogP contribution < -0.4 is 0 Å². The van der Waals surface area contributed by atoms with Crippen LogP contribution in [0.4, 0.5) is 0 Å². The van der Waals surface area contributed by atoms with Gasteiger partial charge in [0.2, 0.25) is 0 Å². The summed E-state index contributed by atoms with van der Waals surface area (Å²) in [5, 5.41) is 15.2. The maximum absolute atomic E-state index is 2.34. The minimum Gasteiger partial charge on any atom is -0.0616 e. The van der Waals surface area contributed by atoms with Crippen molar-refractivity contribution in [3.63, 3.8) is 0 Å².